The summed E-state index contributed by atoms with van der Waals surface area (Å²) in [5, 5.41) is 3.15. The molecule has 0 unspecified atom stereocenters. The van der Waals surface area contributed by atoms with E-state index in [-0.39, 0.29) is 5.91 Å². The fraction of sp³-hybridized carbons (Fsp3) is 0.615. The monoisotopic (exact) mass is 315 g/mol. The van der Waals surface area contributed by atoms with Gasteiger partial charge >= 0.3 is 0 Å². The zero-order valence-electron chi connectivity index (χ0n) is 10.3. The van der Waals surface area contributed by atoms with Crippen LogP contribution in [0.4, 0.5) is 0 Å². The number of carbonyl (C=O) groups excluding carboxylic acids is 1. The summed E-state index contributed by atoms with van der Waals surface area (Å²) in [5.41, 5.74) is 1.14. The molecule has 2 rings (SSSR count). The molecule has 0 aliphatic heterocycles. The van der Waals surface area contributed by atoms with E-state index >= 15 is 0 Å². The number of thiophene rings is 1. The van der Waals surface area contributed by atoms with Crippen molar-refractivity contribution < 1.29 is 4.79 Å². The lowest BCUT2D eigenvalue weighted by molar-refractivity contribution is 0.0927. The molecule has 1 fully saturated rings. The largest absolute Gasteiger partial charge is 0.349 e. The van der Waals surface area contributed by atoms with E-state index in [2.05, 4.69) is 28.2 Å². The second-order valence-electron chi connectivity index (χ2n) is 5.00. The molecule has 1 aromatic heterocycles. The molecule has 1 N–H and O–H groups in total. The summed E-state index contributed by atoms with van der Waals surface area (Å²) in [4.78, 5) is 12.9. The van der Waals surface area contributed by atoms with Gasteiger partial charge in [-0.05, 0) is 66.1 Å². The van der Waals surface area contributed by atoms with Crippen molar-refractivity contribution in [2.45, 2.75) is 45.6 Å². The van der Waals surface area contributed by atoms with E-state index in [1.54, 1.807) is 0 Å². The number of halogens is 1. The van der Waals surface area contributed by atoms with Gasteiger partial charge in [-0.25, -0.2) is 0 Å². The van der Waals surface area contributed by atoms with Crippen molar-refractivity contribution in [3.05, 3.63) is 20.3 Å². The normalized spacial score (nSPS) is 24.6. The van der Waals surface area contributed by atoms with E-state index in [1.165, 1.54) is 24.2 Å². The number of hydrogen-bond donors (Lipinski definition) is 1. The van der Waals surface area contributed by atoms with E-state index in [1.807, 2.05) is 13.0 Å². The maximum Gasteiger partial charge on any atom is 0.261 e. The van der Waals surface area contributed by atoms with E-state index < -0.39 is 0 Å². The van der Waals surface area contributed by atoms with Gasteiger partial charge in [-0.3, -0.25) is 4.79 Å². The second kappa shape index (κ2) is 5.53. The quantitative estimate of drug-likeness (QED) is 0.873. The molecule has 17 heavy (non-hydrogen) atoms. The minimum absolute atomic E-state index is 0.0864. The first-order valence-electron chi connectivity index (χ1n) is 6.13. The molecule has 1 aliphatic carbocycles. The lowest BCUT2D eigenvalue weighted by Gasteiger charge is -2.26. The van der Waals surface area contributed by atoms with Gasteiger partial charge in [0.05, 0.1) is 8.66 Å². The van der Waals surface area contributed by atoms with E-state index in [9.17, 15) is 4.79 Å². The molecular formula is C13H18BrNOS. The van der Waals surface area contributed by atoms with Gasteiger partial charge in [-0.2, -0.15) is 0 Å². The molecule has 2 nitrogen and oxygen atoms in total. The minimum atomic E-state index is 0.0864. The average molecular weight is 316 g/mol. The summed E-state index contributed by atoms with van der Waals surface area (Å²) < 4.78 is 1.06. The maximum absolute atomic E-state index is 12.0. The summed E-state index contributed by atoms with van der Waals surface area (Å²) in [6, 6.07) is 2.33. The lowest BCUT2D eigenvalue weighted by Crippen LogP contribution is -2.36. The smallest absolute Gasteiger partial charge is 0.261 e. The highest BCUT2D eigenvalue weighted by molar-refractivity contribution is 9.11. The van der Waals surface area contributed by atoms with Crippen LogP contribution in [0.1, 0.15) is 47.8 Å². The molecule has 94 valence electrons. The van der Waals surface area contributed by atoms with Crippen LogP contribution in [0.5, 0.6) is 0 Å². The Balaban J connectivity index is 1.93. The van der Waals surface area contributed by atoms with Crippen molar-refractivity contribution in [2.75, 3.05) is 0 Å². The highest BCUT2D eigenvalue weighted by Crippen LogP contribution is 2.28. The number of amides is 1. The Hall–Kier alpha value is -0.350. The molecule has 4 heteroatoms. The van der Waals surface area contributed by atoms with Crippen LogP contribution in [-0.2, 0) is 0 Å². The summed E-state index contributed by atoms with van der Waals surface area (Å²) in [6.07, 6.45) is 4.72. The number of rotatable bonds is 2. The molecule has 0 atom stereocenters. The van der Waals surface area contributed by atoms with Crippen LogP contribution in [0.25, 0.3) is 0 Å². The van der Waals surface area contributed by atoms with Crippen LogP contribution < -0.4 is 5.32 Å². The highest BCUT2D eigenvalue weighted by atomic mass is 79.9. The van der Waals surface area contributed by atoms with Crippen molar-refractivity contribution in [1.29, 1.82) is 0 Å². The van der Waals surface area contributed by atoms with Gasteiger partial charge < -0.3 is 5.32 Å². The Morgan fingerprint density at radius 3 is 2.59 bits per heavy atom. The van der Waals surface area contributed by atoms with Crippen molar-refractivity contribution in [2.24, 2.45) is 5.92 Å². The Morgan fingerprint density at radius 1 is 1.41 bits per heavy atom. The van der Waals surface area contributed by atoms with Crippen molar-refractivity contribution in [1.82, 2.24) is 5.32 Å². The molecule has 0 aromatic carbocycles. The van der Waals surface area contributed by atoms with Crippen LogP contribution in [0.2, 0.25) is 0 Å². The molecule has 1 saturated carbocycles. The van der Waals surface area contributed by atoms with Crippen LogP contribution in [0.3, 0.4) is 0 Å². The topological polar surface area (TPSA) is 29.1 Å². The molecule has 0 bridgehead atoms. The number of hydrogen-bond acceptors (Lipinski definition) is 2. The van der Waals surface area contributed by atoms with Gasteiger partial charge in [0.15, 0.2) is 0 Å². The Morgan fingerprint density at radius 2 is 2.06 bits per heavy atom. The third kappa shape index (κ3) is 3.32. The Kier molecular flexibility index (Phi) is 4.26. The fourth-order valence-electron chi connectivity index (χ4n) is 2.23. The second-order valence-corrected chi connectivity index (χ2v) is 7.37. The first kappa shape index (κ1) is 13.1. The van der Waals surface area contributed by atoms with Crippen molar-refractivity contribution in [3.8, 4) is 0 Å². The van der Waals surface area contributed by atoms with Gasteiger partial charge in [-0.1, -0.05) is 6.92 Å². The molecule has 0 spiro atoms. The summed E-state index contributed by atoms with van der Waals surface area (Å²) in [5.74, 6) is 0.907. The van der Waals surface area contributed by atoms with Gasteiger partial charge in [0.25, 0.3) is 5.91 Å². The predicted molar refractivity (Wildman–Crippen MR) is 75.6 cm³/mol. The fourth-order valence-corrected chi connectivity index (χ4v) is 3.67. The first-order chi connectivity index (χ1) is 8.06. The van der Waals surface area contributed by atoms with E-state index in [0.29, 0.717) is 6.04 Å². The number of carbonyl (C=O) groups is 1. The molecule has 1 amide bonds. The van der Waals surface area contributed by atoms with Crippen molar-refractivity contribution in [3.63, 3.8) is 0 Å². The molecular weight excluding hydrogens is 298 g/mol. The molecule has 0 radical (unpaired) electrons. The zero-order valence-corrected chi connectivity index (χ0v) is 12.7. The first-order valence-corrected chi connectivity index (χ1v) is 7.74. The maximum atomic E-state index is 12.0. The molecule has 0 saturated heterocycles. The van der Waals surface area contributed by atoms with Gasteiger partial charge in [0.2, 0.25) is 0 Å². The third-order valence-electron chi connectivity index (χ3n) is 3.43. The van der Waals surface area contributed by atoms with Crippen molar-refractivity contribution >= 4 is 33.2 Å². The Bertz CT molecular complexity index is 388. The van der Waals surface area contributed by atoms with Gasteiger partial charge in [-0.15, -0.1) is 11.3 Å². The predicted octanol–water partition coefficient (Wildman–Crippen LogP) is 4.13. The minimum Gasteiger partial charge on any atom is -0.349 e. The van der Waals surface area contributed by atoms with Gasteiger partial charge in [0.1, 0.15) is 0 Å². The summed E-state index contributed by atoms with van der Waals surface area (Å²) in [7, 11) is 0. The number of aryl methyl sites for hydroxylation is 1. The molecule has 1 aliphatic rings. The van der Waals surface area contributed by atoms with Crippen LogP contribution in [0.15, 0.2) is 9.85 Å². The lowest BCUT2D eigenvalue weighted by atomic mass is 9.87. The van der Waals surface area contributed by atoms with Crippen LogP contribution in [0, 0.1) is 12.8 Å². The summed E-state index contributed by atoms with van der Waals surface area (Å²) in [6.45, 7) is 4.30. The average Bonchev–Trinajstić information content (AvgIpc) is 2.63. The van der Waals surface area contributed by atoms with Crippen LogP contribution in [-0.4, -0.2) is 11.9 Å². The Labute approximate surface area is 115 Å². The van der Waals surface area contributed by atoms with Gasteiger partial charge in [0, 0.05) is 6.04 Å². The van der Waals surface area contributed by atoms with Crippen LogP contribution >= 0.6 is 27.3 Å². The summed E-state index contributed by atoms with van der Waals surface area (Å²) >= 11 is 4.97. The zero-order chi connectivity index (χ0) is 12.4. The third-order valence-corrected chi connectivity index (χ3v) is 5.57. The highest BCUT2D eigenvalue weighted by Gasteiger charge is 2.21. The SMILES string of the molecule is Cc1cc(C(=O)NC2CCC(C)CC2)sc1Br. The molecule has 1 heterocycles. The number of nitrogens with one attached hydrogen (secondary N) is 1. The molecule has 1 aromatic rings. The van der Waals surface area contributed by atoms with E-state index in [0.717, 1.165) is 33.0 Å². The van der Waals surface area contributed by atoms with E-state index in [4.69, 9.17) is 0 Å². The standard InChI is InChI=1S/C13H18BrNOS/c1-8-3-5-10(6-4-8)15-13(16)11-7-9(2)12(14)17-11/h7-8,10H,3-6H2,1-2H3,(H,15,16).